The zero-order valence-corrected chi connectivity index (χ0v) is 13.1. The van der Waals surface area contributed by atoms with Crippen LogP contribution >= 0.6 is 12.2 Å². The molecule has 1 fully saturated rings. The molecule has 0 spiro atoms. The van der Waals surface area contributed by atoms with E-state index in [1.54, 1.807) is 6.07 Å². The summed E-state index contributed by atoms with van der Waals surface area (Å²) in [6, 6.07) is 4.66. The van der Waals surface area contributed by atoms with Crippen LogP contribution in [0.25, 0.3) is 0 Å². The Morgan fingerprint density at radius 3 is 2.30 bits per heavy atom. The number of benzene rings is 1. The van der Waals surface area contributed by atoms with Crippen molar-refractivity contribution in [3.63, 3.8) is 0 Å². The molecule has 0 amide bonds. The van der Waals surface area contributed by atoms with Crippen LogP contribution in [0.2, 0.25) is 0 Å². The van der Waals surface area contributed by atoms with Crippen molar-refractivity contribution in [2.75, 3.05) is 31.1 Å². The van der Waals surface area contributed by atoms with Crippen LogP contribution in [0, 0.1) is 5.82 Å². The summed E-state index contributed by atoms with van der Waals surface area (Å²) in [5, 5.41) is 0. The summed E-state index contributed by atoms with van der Waals surface area (Å²) < 4.78 is 13.4. The maximum absolute atomic E-state index is 13.4. The molecule has 2 N–H and O–H groups in total. The minimum Gasteiger partial charge on any atom is -0.389 e. The number of piperazine rings is 1. The molecule has 0 bridgehead atoms. The van der Waals surface area contributed by atoms with Crippen molar-refractivity contribution < 1.29 is 4.39 Å². The number of hydrogen-bond donors (Lipinski definition) is 1. The molecule has 1 aromatic rings. The fourth-order valence-electron chi connectivity index (χ4n) is 2.60. The first kappa shape index (κ1) is 15.2. The summed E-state index contributed by atoms with van der Waals surface area (Å²) in [6.45, 7) is 10.4. The molecule has 0 atom stereocenters. The summed E-state index contributed by atoms with van der Waals surface area (Å²) in [5.41, 5.74) is 7.46. The predicted octanol–water partition coefficient (Wildman–Crippen LogP) is 2.38. The Morgan fingerprint density at radius 2 is 1.80 bits per heavy atom. The van der Waals surface area contributed by atoms with Gasteiger partial charge in [-0.2, -0.15) is 0 Å². The average Bonchev–Trinajstić information content (AvgIpc) is 2.37. The van der Waals surface area contributed by atoms with Gasteiger partial charge in [0.2, 0.25) is 0 Å². The van der Waals surface area contributed by atoms with Crippen molar-refractivity contribution >= 4 is 22.9 Å². The lowest BCUT2D eigenvalue weighted by molar-refractivity contribution is 0.128. The third-order valence-electron chi connectivity index (χ3n) is 3.79. The second kappa shape index (κ2) is 5.66. The van der Waals surface area contributed by atoms with Crippen molar-refractivity contribution in [1.29, 1.82) is 0 Å². The Balaban J connectivity index is 2.17. The van der Waals surface area contributed by atoms with Crippen LogP contribution in [-0.4, -0.2) is 41.6 Å². The van der Waals surface area contributed by atoms with E-state index in [0.29, 0.717) is 5.56 Å². The Bertz CT molecular complexity index is 502. The molecule has 1 aromatic carbocycles. The Kier molecular flexibility index (Phi) is 4.30. The molecular weight excluding hydrogens is 273 g/mol. The van der Waals surface area contributed by atoms with Gasteiger partial charge in [-0.1, -0.05) is 12.2 Å². The van der Waals surface area contributed by atoms with E-state index in [-0.39, 0.29) is 16.3 Å². The molecule has 1 heterocycles. The highest BCUT2D eigenvalue weighted by Crippen LogP contribution is 2.25. The van der Waals surface area contributed by atoms with Crippen molar-refractivity contribution in [1.82, 2.24) is 4.90 Å². The van der Waals surface area contributed by atoms with Crippen molar-refractivity contribution in [2.45, 2.75) is 26.3 Å². The molecule has 1 aliphatic rings. The molecule has 5 heteroatoms. The lowest BCUT2D eigenvalue weighted by atomic mass is 10.0. The predicted molar refractivity (Wildman–Crippen MR) is 85.8 cm³/mol. The molecule has 0 aliphatic carbocycles. The third-order valence-corrected chi connectivity index (χ3v) is 4.01. The highest BCUT2D eigenvalue weighted by molar-refractivity contribution is 7.80. The molecule has 0 unspecified atom stereocenters. The van der Waals surface area contributed by atoms with E-state index in [4.69, 9.17) is 18.0 Å². The fraction of sp³-hybridized carbons (Fsp3) is 0.533. The molecule has 1 aliphatic heterocycles. The topological polar surface area (TPSA) is 32.5 Å². The number of hydrogen-bond acceptors (Lipinski definition) is 3. The van der Waals surface area contributed by atoms with Gasteiger partial charge in [-0.05, 0) is 39.0 Å². The van der Waals surface area contributed by atoms with E-state index in [9.17, 15) is 4.39 Å². The summed E-state index contributed by atoms with van der Waals surface area (Å²) in [5.74, 6) is -0.301. The monoisotopic (exact) mass is 295 g/mol. The smallest absolute Gasteiger partial charge is 0.124 e. The Labute approximate surface area is 125 Å². The quantitative estimate of drug-likeness (QED) is 0.849. The molecule has 0 aromatic heterocycles. The number of anilines is 1. The SMILES string of the molecule is CC(C)(C)N1CCN(c2ccc(F)cc2C(N)=S)CC1. The van der Waals surface area contributed by atoms with Gasteiger partial charge in [-0.25, -0.2) is 4.39 Å². The number of rotatable bonds is 2. The summed E-state index contributed by atoms with van der Waals surface area (Å²) >= 11 is 5.03. The number of halogens is 1. The molecule has 110 valence electrons. The van der Waals surface area contributed by atoms with Crippen LogP contribution in [-0.2, 0) is 0 Å². The van der Waals surface area contributed by atoms with Gasteiger partial charge in [0, 0.05) is 43.0 Å². The van der Waals surface area contributed by atoms with Gasteiger partial charge in [0.05, 0.1) is 0 Å². The lowest BCUT2D eigenvalue weighted by Gasteiger charge is -2.43. The summed E-state index contributed by atoms with van der Waals surface area (Å²) in [4.78, 5) is 4.93. The summed E-state index contributed by atoms with van der Waals surface area (Å²) in [7, 11) is 0. The van der Waals surface area contributed by atoms with Gasteiger partial charge in [0.25, 0.3) is 0 Å². The van der Waals surface area contributed by atoms with Crippen molar-refractivity contribution in [3.8, 4) is 0 Å². The van der Waals surface area contributed by atoms with Crippen LogP contribution < -0.4 is 10.6 Å². The second-order valence-electron chi connectivity index (χ2n) is 6.17. The minimum atomic E-state index is -0.301. The number of thiocarbonyl (C=S) groups is 1. The van der Waals surface area contributed by atoms with Crippen molar-refractivity contribution in [2.24, 2.45) is 5.73 Å². The van der Waals surface area contributed by atoms with Gasteiger partial charge < -0.3 is 10.6 Å². The van der Waals surface area contributed by atoms with Crippen LogP contribution in [0.15, 0.2) is 18.2 Å². The Morgan fingerprint density at radius 1 is 1.20 bits per heavy atom. The fourth-order valence-corrected chi connectivity index (χ4v) is 2.76. The van der Waals surface area contributed by atoms with E-state index < -0.39 is 0 Å². The van der Waals surface area contributed by atoms with Gasteiger partial charge in [-0.15, -0.1) is 0 Å². The lowest BCUT2D eigenvalue weighted by Crippen LogP contribution is -2.53. The minimum absolute atomic E-state index is 0.181. The van der Waals surface area contributed by atoms with Crippen LogP contribution in [0.1, 0.15) is 26.3 Å². The average molecular weight is 295 g/mol. The van der Waals surface area contributed by atoms with Gasteiger partial charge in [0.1, 0.15) is 10.8 Å². The van der Waals surface area contributed by atoms with E-state index in [1.807, 2.05) is 0 Å². The first-order valence-electron chi connectivity index (χ1n) is 6.88. The Hall–Kier alpha value is -1.20. The van der Waals surface area contributed by atoms with E-state index in [2.05, 4.69) is 30.6 Å². The molecule has 20 heavy (non-hydrogen) atoms. The molecule has 2 rings (SSSR count). The normalized spacial score (nSPS) is 17.3. The van der Waals surface area contributed by atoms with Gasteiger partial charge >= 0.3 is 0 Å². The van der Waals surface area contributed by atoms with E-state index in [0.717, 1.165) is 31.9 Å². The highest BCUT2D eigenvalue weighted by atomic mass is 32.1. The van der Waals surface area contributed by atoms with Crippen LogP contribution in [0.5, 0.6) is 0 Å². The third kappa shape index (κ3) is 3.27. The highest BCUT2D eigenvalue weighted by Gasteiger charge is 2.26. The van der Waals surface area contributed by atoms with E-state index in [1.165, 1.54) is 12.1 Å². The first-order chi connectivity index (χ1) is 9.29. The number of nitrogens with zero attached hydrogens (tertiary/aromatic N) is 2. The second-order valence-corrected chi connectivity index (χ2v) is 6.61. The number of nitrogens with two attached hydrogens (primary N) is 1. The summed E-state index contributed by atoms with van der Waals surface area (Å²) in [6.07, 6.45) is 0. The van der Waals surface area contributed by atoms with Gasteiger partial charge in [0.15, 0.2) is 0 Å². The zero-order valence-electron chi connectivity index (χ0n) is 12.3. The van der Waals surface area contributed by atoms with Crippen LogP contribution in [0.3, 0.4) is 0 Å². The molecule has 1 saturated heterocycles. The van der Waals surface area contributed by atoms with E-state index >= 15 is 0 Å². The standard InChI is InChI=1S/C15H22FN3S/c1-15(2,3)19-8-6-18(7-9-19)13-5-4-11(16)10-12(13)14(17)20/h4-5,10H,6-9H2,1-3H3,(H2,17,20). The molecule has 0 saturated carbocycles. The molecule has 0 radical (unpaired) electrons. The van der Waals surface area contributed by atoms with Gasteiger partial charge in [-0.3, -0.25) is 4.90 Å². The maximum atomic E-state index is 13.4. The molecular formula is C15H22FN3S. The molecule has 3 nitrogen and oxygen atoms in total. The van der Waals surface area contributed by atoms with Crippen molar-refractivity contribution in [3.05, 3.63) is 29.6 Å². The first-order valence-corrected chi connectivity index (χ1v) is 7.29. The maximum Gasteiger partial charge on any atom is 0.124 e. The van der Waals surface area contributed by atoms with Crippen LogP contribution in [0.4, 0.5) is 10.1 Å². The zero-order chi connectivity index (χ0) is 14.9. The largest absolute Gasteiger partial charge is 0.389 e.